The molecule has 0 bridgehead atoms. The van der Waals surface area contributed by atoms with E-state index < -0.39 is 11.6 Å². The molecule has 0 spiro atoms. The number of nitrogens with one attached hydrogen (secondary N) is 1. The Morgan fingerprint density at radius 1 is 1.08 bits per heavy atom. The van der Waals surface area contributed by atoms with Gasteiger partial charge in [0.1, 0.15) is 5.82 Å². The maximum absolute atomic E-state index is 13.7. The molecule has 5 rings (SSSR count). The summed E-state index contributed by atoms with van der Waals surface area (Å²) < 4.78 is 0. The SMILES string of the molecule is CCN1CCC(Nc2cc(C(=O)N3CCC(N4CCc5ccccc5C4)C(O)C3(C)C)ccn2)CC1. The summed E-state index contributed by atoms with van der Waals surface area (Å²) in [6.07, 6.45) is 5.04. The van der Waals surface area contributed by atoms with Gasteiger partial charge in [0.15, 0.2) is 0 Å². The van der Waals surface area contributed by atoms with Gasteiger partial charge in [-0.15, -0.1) is 0 Å². The molecule has 0 aliphatic carbocycles. The van der Waals surface area contributed by atoms with Gasteiger partial charge < -0.3 is 20.2 Å². The van der Waals surface area contributed by atoms with Crippen LogP contribution in [-0.2, 0) is 13.0 Å². The fourth-order valence-corrected chi connectivity index (χ4v) is 6.29. The van der Waals surface area contributed by atoms with E-state index in [1.165, 1.54) is 11.1 Å². The van der Waals surface area contributed by atoms with Crippen LogP contribution in [0.5, 0.6) is 0 Å². The van der Waals surface area contributed by atoms with E-state index >= 15 is 0 Å². The van der Waals surface area contributed by atoms with E-state index in [2.05, 4.69) is 51.3 Å². The summed E-state index contributed by atoms with van der Waals surface area (Å²) in [7, 11) is 0. The minimum atomic E-state index is -0.666. The predicted octanol–water partition coefficient (Wildman–Crippen LogP) is 3.39. The summed E-state index contributed by atoms with van der Waals surface area (Å²) in [5.41, 5.74) is 2.72. The number of aliphatic hydroxyl groups excluding tert-OH is 1. The van der Waals surface area contributed by atoms with Crippen LogP contribution in [0.3, 0.4) is 0 Å². The Labute approximate surface area is 215 Å². The lowest BCUT2D eigenvalue weighted by molar-refractivity contribution is -0.0840. The van der Waals surface area contributed by atoms with E-state index in [1.54, 1.807) is 12.3 Å². The number of carbonyl (C=O) groups excluding carboxylic acids is 1. The summed E-state index contributed by atoms with van der Waals surface area (Å²) in [6.45, 7) is 11.9. The lowest BCUT2D eigenvalue weighted by Crippen LogP contribution is -2.66. The number of hydrogen-bond acceptors (Lipinski definition) is 6. The van der Waals surface area contributed by atoms with Gasteiger partial charge in [0.05, 0.1) is 11.6 Å². The molecule has 36 heavy (non-hydrogen) atoms. The molecule has 2 N–H and O–H groups in total. The Morgan fingerprint density at radius 3 is 2.58 bits per heavy atom. The molecule has 0 saturated carbocycles. The molecule has 3 aliphatic rings. The number of carbonyl (C=O) groups is 1. The van der Waals surface area contributed by atoms with E-state index in [0.717, 1.165) is 64.2 Å². The van der Waals surface area contributed by atoms with Gasteiger partial charge in [-0.05, 0) is 69.3 Å². The summed E-state index contributed by atoms with van der Waals surface area (Å²) >= 11 is 0. The topological polar surface area (TPSA) is 71.9 Å². The quantitative estimate of drug-likeness (QED) is 0.668. The monoisotopic (exact) mass is 491 g/mol. The molecular weight excluding hydrogens is 450 g/mol. The number of anilines is 1. The fraction of sp³-hybridized carbons (Fsp3) is 0.586. The number of aromatic nitrogens is 1. The van der Waals surface area contributed by atoms with E-state index in [4.69, 9.17) is 0 Å². The van der Waals surface area contributed by atoms with Gasteiger partial charge in [0.2, 0.25) is 0 Å². The molecule has 2 saturated heterocycles. The average Bonchev–Trinajstić information content (AvgIpc) is 2.90. The summed E-state index contributed by atoms with van der Waals surface area (Å²) in [6, 6.07) is 12.7. The number of amides is 1. The smallest absolute Gasteiger partial charge is 0.254 e. The second kappa shape index (κ2) is 10.5. The number of nitrogens with zero attached hydrogens (tertiary/aromatic N) is 4. The summed E-state index contributed by atoms with van der Waals surface area (Å²) in [5, 5.41) is 15.1. The van der Waals surface area contributed by atoms with Crippen LogP contribution in [0.1, 0.15) is 61.5 Å². The van der Waals surface area contributed by atoms with Crippen LogP contribution in [0.4, 0.5) is 5.82 Å². The van der Waals surface area contributed by atoms with E-state index in [-0.39, 0.29) is 11.9 Å². The van der Waals surface area contributed by atoms with Crippen molar-refractivity contribution in [3.63, 3.8) is 0 Å². The van der Waals surface area contributed by atoms with Gasteiger partial charge in [0, 0.05) is 56.6 Å². The van der Waals surface area contributed by atoms with Crippen molar-refractivity contribution >= 4 is 11.7 Å². The Morgan fingerprint density at radius 2 is 1.83 bits per heavy atom. The molecule has 1 aromatic heterocycles. The Kier molecular flexibility index (Phi) is 7.33. The lowest BCUT2D eigenvalue weighted by atomic mass is 9.81. The van der Waals surface area contributed by atoms with Gasteiger partial charge in [-0.3, -0.25) is 9.69 Å². The van der Waals surface area contributed by atoms with Crippen molar-refractivity contribution in [2.24, 2.45) is 0 Å². The zero-order valence-electron chi connectivity index (χ0n) is 22.0. The van der Waals surface area contributed by atoms with Crippen molar-refractivity contribution < 1.29 is 9.90 Å². The molecular formula is C29H41N5O2. The van der Waals surface area contributed by atoms with E-state index in [1.807, 2.05) is 24.8 Å². The standard InChI is InChI=1S/C29H41N5O2/c1-4-32-15-11-24(12-16-32)31-26-19-22(9-14-30-26)28(36)34-18-13-25(27(35)29(34,2)3)33-17-10-21-7-5-6-8-23(21)20-33/h5-9,14,19,24-25,27,35H,4,10-13,15-18,20H2,1-3H3,(H,30,31). The Bertz CT molecular complexity index is 1070. The largest absolute Gasteiger partial charge is 0.389 e. The highest BCUT2D eigenvalue weighted by atomic mass is 16.3. The fourth-order valence-electron chi connectivity index (χ4n) is 6.29. The van der Waals surface area contributed by atoms with Gasteiger partial charge >= 0.3 is 0 Å². The minimum Gasteiger partial charge on any atom is -0.389 e. The first kappa shape index (κ1) is 25.2. The highest BCUT2D eigenvalue weighted by molar-refractivity contribution is 5.95. The molecule has 2 aromatic rings. The third kappa shape index (κ3) is 5.01. The number of benzene rings is 1. The molecule has 2 unspecified atom stereocenters. The zero-order chi connectivity index (χ0) is 25.3. The maximum atomic E-state index is 13.7. The molecule has 7 nitrogen and oxygen atoms in total. The molecule has 2 atom stereocenters. The summed E-state index contributed by atoms with van der Waals surface area (Å²) in [5.74, 6) is 0.726. The number of likely N-dealkylation sites (tertiary alicyclic amines) is 2. The van der Waals surface area contributed by atoms with Gasteiger partial charge in [-0.25, -0.2) is 4.98 Å². The minimum absolute atomic E-state index is 0.0345. The molecule has 3 aliphatic heterocycles. The molecule has 1 amide bonds. The van der Waals surface area contributed by atoms with Crippen LogP contribution < -0.4 is 5.32 Å². The van der Waals surface area contributed by atoms with E-state index in [9.17, 15) is 9.90 Å². The Hall–Kier alpha value is -2.48. The second-order valence-corrected chi connectivity index (χ2v) is 11.2. The molecule has 1 aromatic carbocycles. The van der Waals surface area contributed by atoms with Gasteiger partial charge in [-0.1, -0.05) is 31.2 Å². The second-order valence-electron chi connectivity index (χ2n) is 11.2. The molecule has 2 fully saturated rings. The number of piperidine rings is 2. The van der Waals surface area contributed by atoms with Gasteiger partial charge in [0.25, 0.3) is 5.91 Å². The van der Waals surface area contributed by atoms with Crippen molar-refractivity contribution in [2.75, 3.05) is 38.0 Å². The van der Waals surface area contributed by atoms with Crippen LogP contribution in [0.15, 0.2) is 42.6 Å². The van der Waals surface area contributed by atoms with Crippen LogP contribution in [0, 0.1) is 0 Å². The first-order valence-corrected chi connectivity index (χ1v) is 13.6. The third-order valence-electron chi connectivity index (χ3n) is 8.70. The number of aliphatic hydroxyl groups is 1. The molecule has 4 heterocycles. The first-order valence-electron chi connectivity index (χ1n) is 13.6. The van der Waals surface area contributed by atoms with Gasteiger partial charge in [-0.2, -0.15) is 0 Å². The van der Waals surface area contributed by atoms with Crippen LogP contribution in [0.2, 0.25) is 0 Å². The van der Waals surface area contributed by atoms with Crippen molar-refractivity contribution in [3.05, 3.63) is 59.3 Å². The van der Waals surface area contributed by atoms with Crippen molar-refractivity contribution in [1.29, 1.82) is 0 Å². The number of fused-ring (bicyclic) bond motifs is 1. The normalized spacial score (nSPS) is 25.4. The highest BCUT2D eigenvalue weighted by Gasteiger charge is 2.47. The van der Waals surface area contributed by atoms with Crippen LogP contribution in [-0.4, -0.2) is 87.1 Å². The van der Waals surface area contributed by atoms with Crippen molar-refractivity contribution in [1.82, 2.24) is 19.7 Å². The van der Waals surface area contributed by atoms with E-state index in [0.29, 0.717) is 18.2 Å². The number of hydrogen-bond donors (Lipinski definition) is 2. The highest BCUT2D eigenvalue weighted by Crippen LogP contribution is 2.34. The molecule has 0 radical (unpaired) electrons. The van der Waals surface area contributed by atoms with Crippen molar-refractivity contribution in [2.45, 2.75) is 76.7 Å². The lowest BCUT2D eigenvalue weighted by Gasteiger charge is -2.52. The van der Waals surface area contributed by atoms with Crippen LogP contribution >= 0.6 is 0 Å². The zero-order valence-corrected chi connectivity index (χ0v) is 22.0. The maximum Gasteiger partial charge on any atom is 0.254 e. The first-order chi connectivity index (χ1) is 17.4. The third-order valence-corrected chi connectivity index (χ3v) is 8.70. The average molecular weight is 492 g/mol. The van der Waals surface area contributed by atoms with Crippen molar-refractivity contribution in [3.8, 4) is 0 Å². The predicted molar refractivity (Wildman–Crippen MR) is 143 cm³/mol. The number of pyridine rings is 1. The summed E-state index contributed by atoms with van der Waals surface area (Å²) in [4.78, 5) is 24.9. The van der Waals surface area contributed by atoms with Crippen LogP contribution in [0.25, 0.3) is 0 Å². The Balaban J connectivity index is 1.25. The molecule has 194 valence electrons. The molecule has 7 heteroatoms. The number of rotatable bonds is 5.